The van der Waals surface area contributed by atoms with E-state index in [4.69, 9.17) is 14.6 Å². The van der Waals surface area contributed by atoms with Gasteiger partial charge in [0.2, 0.25) is 0 Å². The van der Waals surface area contributed by atoms with Crippen LogP contribution in [0.1, 0.15) is 37.2 Å². The van der Waals surface area contributed by atoms with E-state index >= 15 is 0 Å². The molecule has 1 heterocycles. The van der Waals surface area contributed by atoms with Crippen LogP contribution >= 0.6 is 0 Å². The van der Waals surface area contributed by atoms with Crippen molar-refractivity contribution in [3.8, 4) is 5.75 Å². The first kappa shape index (κ1) is 13.4. The molecule has 3 rings (SSSR count). The molecule has 2 aliphatic rings. The Morgan fingerprint density at radius 2 is 2.25 bits per heavy atom. The second-order valence-corrected chi connectivity index (χ2v) is 5.72. The molecule has 2 atom stereocenters. The Bertz CT molecular complexity index is 475. The Kier molecular flexibility index (Phi) is 3.92. The van der Waals surface area contributed by atoms with E-state index in [0.717, 1.165) is 37.2 Å². The second-order valence-electron chi connectivity index (χ2n) is 5.72. The van der Waals surface area contributed by atoms with Gasteiger partial charge in [0, 0.05) is 6.42 Å². The van der Waals surface area contributed by atoms with Crippen molar-refractivity contribution in [1.82, 2.24) is 0 Å². The highest BCUT2D eigenvalue weighted by Crippen LogP contribution is 2.45. The number of ether oxygens (including phenoxy) is 2. The van der Waals surface area contributed by atoms with Crippen molar-refractivity contribution in [3.63, 3.8) is 0 Å². The smallest absolute Gasteiger partial charge is 0.303 e. The Balaban J connectivity index is 1.72. The molecule has 0 spiro atoms. The molecular weight excluding hydrogens is 256 g/mol. The zero-order valence-corrected chi connectivity index (χ0v) is 11.5. The number of carbonyl (C=O) groups is 1. The van der Waals surface area contributed by atoms with Gasteiger partial charge in [0.05, 0.1) is 19.6 Å². The largest absolute Gasteiger partial charge is 0.488 e. The van der Waals surface area contributed by atoms with Gasteiger partial charge in [-0.2, -0.15) is 0 Å². The van der Waals surface area contributed by atoms with Crippen LogP contribution in [0.4, 0.5) is 0 Å². The van der Waals surface area contributed by atoms with E-state index in [1.54, 1.807) is 0 Å². The lowest BCUT2D eigenvalue weighted by Crippen LogP contribution is -2.16. The number of carboxylic acid groups (broad SMARTS) is 1. The van der Waals surface area contributed by atoms with Gasteiger partial charge in [0.15, 0.2) is 0 Å². The molecule has 1 saturated heterocycles. The summed E-state index contributed by atoms with van der Waals surface area (Å²) < 4.78 is 11.2. The molecule has 1 saturated carbocycles. The molecule has 4 heteroatoms. The lowest BCUT2D eigenvalue weighted by atomic mass is 9.91. The molecule has 1 aromatic rings. The summed E-state index contributed by atoms with van der Waals surface area (Å²) in [4.78, 5) is 11.0. The third kappa shape index (κ3) is 3.31. The third-order valence-corrected chi connectivity index (χ3v) is 4.06. The fourth-order valence-electron chi connectivity index (χ4n) is 2.86. The van der Waals surface area contributed by atoms with Gasteiger partial charge in [-0.1, -0.05) is 12.1 Å². The topological polar surface area (TPSA) is 55.8 Å². The van der Waals surface area contributed by atoms with Crippen LogP contribution in [0.25, 0.3) is 0 Å². The quantitative estimate of drug-likeness (QED) is 0.868. The molecule has 0 amide bonds. The molecule has 1 aliphatic heterocycles. The van der Waals surface area contributed by atoms with Gasteiger partial charge in [0.25, 0.3) is 0 Å². The van der Waals surface area contributed by atoms with Crippen LogP contribution in [-0.4, -0.2) is 30.4 Å². The van der Waals surface area contributed by atoms with Gasteiger partial charge in [-0.05, 0) is 42.4 Å². The number of carboxylic acids is 1. The number of hydrogen-bond acceptors (Lipinski definition) is 3. The van der Waals surface area contributed by atoms with E-state index in [1.165, 1.54) is 0 Å². The van der Waals surface area contributed by atoms with Crippen LogP contribution in [0.15, 0.2) is 24.3 Å². The minimum atomic E-state index is -0.725. The molecule has 0 radical (unpaired) electrons. The average molecular weight is 276 g/mol. The maximum atomic E-state index is 11.0. The van der Waals surface area contributed by atoms with Crippen molar-refractivity contribution in [2.24, 2.45) is 5.92 Å². The summed E-state index contributed by atoms with van der Waals surface area (Å²) in [6.45, 7) is 1.40. The summed E-state index contributed by atoms with van der Waals surface area (Å²) in [6.07, 6.45) is 3.54. The van der Waals surface area contributed by atoms with Gasteiger partial charge in [-0.3, -0.25) is 4.79 Å². The van der Waals surface area contributed by atoms with Crippen molar-refractivity contribution >= 4 is 5.97 Å². The van der Waals surface area contributed by atoms with Crippen LogP contribution < -0.4 is 4.74 Å². The zero-order valence-electron chi connectivity index (χ0n) is 11.5. The standard InChI is InChI=1S/C16H20O4/c17-16(18)9-15(11-4-5-11)12-2-1-3-13(8-12)20-14-6-7-19-10-14/h1-3,8,11,14-15H,4-7,9-10H2,(H,17,18). The summed E-state index contributed by atoms with van der Waals surface area (Å²) in [7, 11) is 0. The lowest BCUT2D eigenvalue weighted by Gasteiger charge is -2.17. The predicted octanol–water partition coefficient (Wildman–Crippen LogP) is 2.82. The van der Waals surface area contributed by atoms with E-state index in [9.17, 15) is 4.79 Å². The van der Waals surface area contributed by atoms with Gasteiger partial charge in [-0.25, -0.2) is 0 Å². The molecule has 108 valence electrons. The van der Waals surface area contributed by atoms with Gasteiger partial charge in [0.1, 0.15) is 11.9 Å². The molecule has 1 aromatic carbocycles. The third-order valence-electron chi connectivity index (χ3n) is 4.06. The van der Waals surface area contributed by atoms with Gasteiger partial charge in [-0.15, -0.1) is 0 Å². The normalized spacial score (nSPS) is 23.5. The van der Waals surface area contributed by atoms with Crippen LogP contribution in [0.5, 0.6) is 5.75 Å². The minimum absolute atomic E-state index is 0.121. The predicted molar refractivity (Wildman–Crippen MR) is 74.0 cm³/mol. The van der Waals surface area contributed by atoms with Crippen molar-refractivity contribution in [3.05, 3.63) is 29.8 Å². The molecular formula is C16H20O4. The van der Waals surface area contributed by atoms with E-state index < -0.39 is 5.97 Å². The molecule has 2 unspecified atom stereocenters. The number of rotatable bonds is 6. The summed E-state index contributed by atoms with van der Waals surface area (Å²) in [6, 6.07) is 7.92. The zero-order chi connectivity index (χ0) is 13.9. The highest BCUT2D eigenvalue weighted by Gasteiger charge is 2.33. The van der Waals surface area contributed by atoms with E-state index in [2.05, 4.69) is 0 Å². The summed E-state index contributed by atoms with van der Waals surface area (Å²) in [5, 5.41) is 9.07. The monoisotopic (exact) mass is 276 g/mol. The maximum Gasteiger partial charge on any atom is 0.303 e. The number of hydrogen-bond donors (Lipinski definition) is 1. The first-order chi connectivity index (χ1) is 9.72. The Morgan fingerprint density at radius 1 is 1.40 bits per heavy atom. The SMILES string of the molecule is O=C(O)CC(c1cccc(OC2CCOC2)c1)C1CC1. The molecule has 0 aromatic heterocycles. The average Bonchev–Trinajstić information content (AvgIpc) is 3.14. The van der Waals surface area contributed by atoms with Gasteiger partial charge < -0.3 is 14.6 Å². The summed E-state index contributed by atoms with van der Waals surface area (Å²) in [5.74, 6) is 0.749. The van der Waals surface area contributed by atoms with Crippen LogP contribution in [0, 0.1) is 5.92 Å². The summed E-state index contributed by atoms with van der Waals surface area (Å²) >= 11 is 0. The fourth-order valence-corrected chi connectivity index (χ4v) is 2.86. The minimum Gasteiger partial charge on any atom is -0.488 e. The molecule has 2 fully saturated rings. The Morgan fingerprint density at radius 3 is 2.90 bits per heavy atom. The van der Waals surface area contributed by atoms with Gasteiger partial charge >= 0.3 is 5.97 Å². The molecule has 20 heavy (non-hydrogen) atoms. The number of benzene rings is 1. The van der Waals surface area contributed by atoms with E-state index in [1.807, 2.05) is 24.3 Å². The van der Waals surface area contributed by atoms with Crippen molar-refractivity contribution < 1.29 is 19.4 Å². The second kappa shape index (κ2) is 5.83. The van der Waals surface area contributed by atoms with Crippen molar-refractivity contribution in [2.75, 3.05) is 13.2 Å². The van der Waals surface area contributed by atoms with Crippen molar-refractivity contribution in [1.29, 1.82) is 0 Å². The van der Waals surface area contributed by atoms with Crippen LogP contribution in [0.3, 0.4) is 0 Å². The van der Waals surface area contributed by atoms with E-state index in [0.29, 0.717) is 12.5 Å². The fraction of sp³-hybridized carbons (Fsp3) is 0.562. The maximum absolute atomic E-state index is 11.0. The Hall–Kier alpha value is -1.55. The van der Waals surface area contributed by atoms with Crippen molar-refractivity contribution in [2.45, 2.75) is 37.7 Å². The van der Waals surface area contributed by atoms with E-state index in [-0.39, 0.29) is 18.4 Å². The molecule has 0 bridgehead atoms. The molecule has 1 aliphatic carbocycles. The van der Waals surface area contributed by atoms with Crippen LogP contribution in [-0.2, 0) is 9.53 Å². The first-order valence-corrected chi connectivity index (χ1v) is 7.28. The first-order valence-electron chi connectivity index (χ1n) is 7.28. The lowest BCUT2D eigenvalue weighted by molar-refractivity contribution is -0.137. The Labute approximate surface area is 118 Å². The molecule has 1 N–H and O–H groups in total. The highest BCUT2D eigenvalue weighted by atomic mass is 16.5. The number of aliphatic carboxylic acids is 1. The molecule has 4 nitrogen and oxygen atoms in total. The highest BCUT2D eigenvalue weighted by molar-refractivity contribution is 5.68. The summed E-state index contributed by atoms with van der Waals surface area (Å²) in [5.41, 5.74) is 1.09. The van der Waals surface area contributed by atoms with Crippen LogP contribution in [0.2, 0.25) is 0 Å².